The van der Waals surface area contributed by atoms with Crippen molar-refractivity contribution in [2.24, 2.45) is 5.92 Å². The molecule has 2 amide bonds. The number of rotatable bonds is 5. The van der Waals surface area contributed by atoms with E-state index >= 15 is 0 Å². The summed E-state index contributed by atoms with van der Waals surface area (Å²) >= 11 is 0. The van der Waals surface area contributed by atoms with Crippen molar-refractivity contribution in [1.82, 2.24) is 9.80 Å². The van der Waals surface area contributed by atoms with E-state index < -0.39 is 0 Å². The van der Waals surface area contributed by atoms with Crippen LogP contribution in [0.3, 0.4) is 0 Å². The molecule has 0 aromatic heterocycles. The standard InChI is InChI=1S/C25H31N3O3/c1-19-5-4-12-27(17-19)18-20-8-10-21(11-9-20)24(29)26-23-7-3-2-6-22(23)25(30)28-13-15-31-16-14-28/h2-3,6-11,19H,4-5,12-18H2,1H3,(H,26,29)/t19-/m0/s1. The lowest BCUT2D eigenvalue weighted by Crippen LogP contribution is -2.41. The molecule has 2 fully saturated rings. The summed E-state index contributed by atoms with van der Waals surface area (Å²) in [5, 5.41) is 2.93. The van der Waals surface area contributed by atoms with Gasteiger partial charge in [-0.1, -0.05) is 31.2 Å². The number of likely N-dealkylation sites (tertiary alicyclic amines) is 1. The van der Waals surface area contributed by atoms with E-state index in [0.717, 1.165) is 25.6 Å². The summed E-state index contributed by atoms with van der Waals surface area (Å²) in [7, 11) is 0. The predicted octanol–water partition coefficient (Wildman–Crippen LogP) is 3.64. The number of hydrogen-bond acceptors (Lipinski definition) is 4. The number of anilines is 1. The van der Waals surface area contributed by atoms with Crippen LogP contribution in [-0.4, -0.2) is 61.0 Å². The average Bonchev–Trinajstić information content (AvgIpc) is 2.80. The molecule has 1 atom stereocenters. The van der Waals surface area contributed by atoms with E-state index in [1.165, 1.54) is 18.4 Å². The van der Waals surface area contributed by atoms with E-state index in [9.17, 15) is 9.59 Å². The molecular formula is C25H31N3O3. The molecule has 2 saturated heterocycles. The number of nitrogens with zero attached hydrogens (tertiary/aromatic N) is 2. The van der Waals surface area contributed by atoms with Crippen molar-refractivity contribution in [2.75, 3.05) is 44.7 Å². The Morgan fingerprint density at radius 3 is 2.52 bits per heavy atom. The molecule has 2 heterocycles. The highest BCUT2D eigenvalue weighted by molar-refractivity contribution is 6.09. The van der Waals surface area contributed by atoms with Gasteiger partial charge >= 0.3 is 0 Å². The first kappa shape index (κ1) is 21.5. The molecule has 6 nitrogen and oxygen atoms in total. The van der Waals surface area contributed by atoms with Crippen LogP contribution < -0.4 is 5.32 Å². The first-order chi connectivity index (χ1) is 15.1. The number of nitrogens with one attached hydrogen (secondary N) is 1. The van der Waals surface area contributed by atoms with Crippen molar-refractivity contribution >= 4 is 17.5 Å². The number of piperidine rings is 1. The Bertz CT molecular complexity index is 906. The topological polar surface area (TPSA) is 61.9 Å². The van der Waals surface area contributed by atoms with Gasteiger partial charge in [0.2, 0.25) is 0 Å². The average molecular weight is 422 g/mol. The second-order valence-corrected chi connectivity index (χ2v) is 8.58. The Labute approximate surface area is 184 Å². The predicted molar refractivity (Wildman–Crippen MR) is 121 cm³/mol. The van der Waals surface area contributed by atoms with Crippen molar-refractivity contribution in [1.29, 1.82) is 0 Å². The molecule has 31 heavy (non-hydrogen) atoms. The van der Waals surface area contributed by atoms with Crippen molar-refractivity contribution in [2.45, 2.75) is 26.3 Å². The van der Waals surface area contributed by atoms with Gasteiger partial charge in [-0.3, -0.25) is 14.5 Å². The van der Waals surface area contributed by atoms with Crippen LogP contribution in [0.1, 0.15) is 46.0 Å². The molecule has 0 aliphatic carbocycles. The van der Waals surface area contributed by atoms with E-state index in [1.807, 2.05) is 36.4 Å². The number of hydrogen-bond donors (Lipinski definition) is 1. The van der Waals surface area contributed by atoms with Crippen LogP contribution in [0.2, 0.25) is 0 Å². The van der Waals surface area contributed by atoms with Crippen LogP contribution in [0.4, 0.5) is 5.69 Å². The third-order valence-electron chi connectivity index (χ3n) is 6.07. The van der Waals surface area contributed by atoms with Gasteiger partial charge in [0.05, 0.1) is 24.5 Å². The second kappa shape index (κ2) is 10.1. The van der Waals surface area contributed by atoms with Gasteiger partial charge in [0.15, 0.2) is 0 Å². The Hall–Kier alpha value is -2.70. The van der Waals surface area contributed by atoms with Crippen LogP contribution in [0, 0.1) is 5.92 Å². The lowest BCUT2D eigenvalue weighted by molar-refractivity contribution is 0.0303. The minimum absolute atomic E-state index is 0.0784. The largest absolute Gasteiger partial charge is 0.378 e. The smallest absolute Gasteiger partial charge is 0.256 e. The molecule has 0 saturated carbocycles. The molecule has 0 bridgehead atoms. The summed E-state index contributed by atoms with van der Waals surface area (Å²) in [6.07, 6.45) is 2.56. The lowest BCUT2D eigenvalue weighted by atomic mass is 9.99. The van der Waals surface area contributed by atoms with Gasteiger partial charge in [-0.15, -0.1) is 0 Å². The van der Waals surface area contributed by atoms with Crippen molar-refractivity contribution in [3.05, 3.63) is 65.2 Å². The van der Waals surface area contributed by atoms with Gasteiger partial charge in [0.1, 0.15) is 0 Å². The molecule has 2 aliphatic heterocycles. The van der Waals surface area contributed by atoms with E-state index in [1.54, 1.807) is 17.0 Å². The van der Waals surface area contributed by atoms with Crippen LogP contribution >= 0.6 is 0 Å². The third kappa shape index (κ3) is 5.51. The molecule has 2 aromatic carbocycles. The van der Waals surface area contributed by atoms with Gasteiger partial charge < -0.3 is 15.0 Å². The van der Waals surface area contributed by atoms with E-state index in [-0.39, 0.29) is 11.8 Å². The summed E-state index contributed by atoms with van der Waals surface area (Å²) in [6.45, 7) is 7.73. The zero-order valence-electron chi connectivity index (χ0n) is 18.2. The van der Waals surface area contributed by atoms with Gasteiger partial charge in [0, 0.05) is 31.7 Å². The normalized spacial score (nSPS) is 19.8. The zero-order valence-corrected chi connectivity index (χ0v) is 18.2. The Morgan fingerprint density at radius 1 is 1.03 bits per heavy atom. The maximum Gasteiger partial charge on any atom is 0.256 e. The Morgan fingerprint density at radius 2 is 1.77 bits per heavy atom. The maximum absolute atomic E-state index is 12.9. The third-order valence-corrected chi connectivity index (χ3v) is 6.07. The first-order valence-electron chi connectivity index (χ1n) is 11.2. The van der Waals surface area contributed by atoms with Crippen molar-refractivity contribution in [3.8, 4) is 0 Å². The first-order valence-corrected chi connectivity index (χ1v) is 11.2. The van der Waals surface area contributed by atoms with E-state index in [2.05, 4.69) is 17.1 Å². The van der Waals surface area contributed by atoms with Crippen LogP contribution in [0.15, 0.2) is 48.5 Å². The van der Waals surface area contributed by atoms with Gasteiger partial charge in [-0.2, -0.15) is 0 Å². The molecule has 4 rings (SSSR count). The van der Waals surface area contributed by atoms with Crippen LogP contribution in [0.25, 0.3) is 0 Å². The highest BCUT2D eigenvalue weighted by Crippen LogP contribution is 2.21. The summed E-state index contributed by atoms with van der Waals surface area (Å²) in [5.41, 5.74) is 2.85. The molecule has 2 aromatic rings. The lowest BCUT2D eigenvalue weighted by Gasteiger charge is -2.30. The summed E-state index contributed by atoms with van der Waals surface area (Å²) in [6, 6.07) is 15.0. The fraction of sp³-hybridized carbons (Fsp3) is 0.440. The van der Waals surface area contributed by atoms with Crippen molar-refractivity contribution < 1.29 is 14.3 Å². The van der Waals surface area contributed by atoms with Crippen LogP contribution in [-0.2, 0) is 11.3 Å². The molecule has 0 spiro atoms. The molecular weight excluding hydrogens is 390 g/mol. The zero-order chi connectivity index (χ0) is 21.6. The molecule has 0 radical (unpaired) electrons. The minimum Gasteiger partial charge on any atom is -0.378 e. The van der Waals surface area contributed by atoms with Gasteiger partial charge in [-0.05, 0) is 55.1 Å². The summed E-state index contributed by atoms with van der Waals surface area (Å²) in [5.74, 6) is 0.463. The number of carbonyl (C=O) groups is 2. The van der Waals surface area contributed by atoms with Crippen molar-refractivity contribution in [3.63, 3.8) is 0 Å². The van der Waals surface area contributed by atoms with E-state index in [4.69, 9.17) is 4.74 Å². The molecule has 164 valence electrons. The monoisotopic (exact) mass is 421 g/mol. The van der Waals surface area contributed by atoms with Crippen LogP contribution in [0.5, 0.6) is 0 Å². The van der Waals surface area contributed by atoms with E-state index in [0.29, 0.717) is 43.1 Å². The number of ether oxygens (including phenoxy) is 1. The highest BCUT2D eigenvalue weighted by atomic mass is 16.5. The maximum atomic E-state index is 12.9. The number of para-hydroxylation sites is 1. The summed E-state index contributed by atoms with van der Waals surface area (Å²) in [4.78, 5) is 30.0. The quantitative estimate of drug-likeness (QED) is 0.801. The Kier molecular flexibility index (Phi) is 6.99. The molecule has 6 heteroatoms. The Balaban J connectivity index is 1.41. The SMILES string of the molecule is C[C@H]1CCCN(Cc2ccc(C(=O)Nc3ccccc3C(=O)N3CCOCC3)cc2)C1. The number of carbonyl (C=O) groups excluding carboxylic acids is 2. The highest BCUT2D eigenvalue weighted by Gasteiger charge is 2.22. The van der Waals surface area contributed by atoms with Gasteiger partial charge in [0.25, 0.3) is 11.8 Å². The second-order valence-electron chi connectivity index (χ2n) is 8.58. The fourth-order valence-corrected chi connectivity index (χ4v) is 4.36. The molecule has 1 N–H and O–H groups in total. The number of morpholine rings is 1. The minimum atomic E-state index is -0.208. The molecule has 0 unspecified atom stereocenters. The van der Waals surface area contributed by atoms with Gasteiger partial charge in [-0.25, -0.2) is 0 Å². The number of amides is 2. The number of benzene rings is 2. The molecule has 2 aliphatic rings. The summed E-state index contributed by atoms with van der Waals surface area (Å²) < 4.78 is 5.33. The fourth-order valence-electron chi connectivity index (χ4n) is 4.36.